The van der Waals surface area contributed by atoms with Crippen molar-refractivity contribution in [1.82, 2.24) is 14.8 Å². The van der Waals surface area contributed by atoms with Gasteiger partial charge < -0.3 is 19.5 Å². The van der Waals surface area contributed by atoms with E-state index in [1.165, 1.54) is 6.33 Å². The predicted molar refractivity (Wildman–Crippen MR) is 125 cm³/mol. The molecular formula is C24H25ClN4O4. The Labute approximate surface area is 197 Å². The average molecular weight is 469 g/mol. The molecule has 3 aromatic rings. The number of aromatic nitrogens is 3. The van der Waals surface area contributed by atoms with Gasteiger partial charge in [-0.3, -0.25) is 0 Å². The van der Waals surface area contributed by atoms with Gasteiger partial charge in [0.25, 0.3) is 0 Å². The van der Waals surface area contributed by atoms with Crippen LogP contribution in [0.1, 0.15) is 37.4 Å². The van der Waals surface area contributed by atoms with Crippen LogP contribution >= 0.6 is 11.6 Å². The van der Waals surface area contributed by atoms with E-state index in [1.54, 1.807) is 11.8 Å². The molecule has 1 aliphatic heterocycles. The molecule has 0 bridgehead atoms. The first-order valence-corrected chi connectivity index (χ1v) is 11.0. The quantitative estimate of drug-likeness (QED) is 0.477. The molecule has 0 saturated heterocycles. The summed E-state index contributed by atoms with van der Waals surface area (Å²) in [5.74, 6) is 1.26. The fraction of sp³-hybridized carbons (Fsp3) is 0.292. The highest BCUT2D eigenvalue weighted by atomic mass is 35.5. The van der Waals surface area contributed by atoms with E-state index in [0.717, 1.165) is 17.5 Å². The van der Waals surface area contributed by atoms with E-state index in [1.807, 2.05) is 56.3 Å². The first-order chi connectivity index (χ1) is 16.0. The molecule has 172 valence electrons. The van der Waals surface area contributed by atoms with Crippen LogP contribution in [-0.2, 0) is 16.1 Å². The normalized spacial score (nSPS) is 15.0. The molecule has 0 amide bonds. The number of esters is 1. The minimum Gasteiger partial charge on any atom is -0.493 e. The fourth-order valence-corrected chi connectivity index (χ4v) is 3.91. The van der Waals surface area contributed by atoms with Crippen LogP contribution in [0.5, 0.6) is 11.5 Å². The molecule has 33 heavy (non-hydrogen) atoms. The molecule has 4 rings (SSSR count). The van der Waals surface area contributed by atoms with Gasteiger partial charge in [-0.25, -0.2) is 9.48 Å². The zero-order valence-electron chi connectivity index (χ0n) is 18.7. The number of allylic oxidation sites excluding steroid dienone is 1. The van der Waals surface area contributed by atoms with Crippen LogP contribution in [0.25, 0.3) is 0 Å². The van der Waals surface area contributed by atoms with E-state index in [2.05, 4.69) is 15.4 Å². The summed E-state index contributed by atoms with van der Waals surface area (Å²) in [5.41, 5.74) is 2.87. The van der Waals surface area contributed by atoms with Gasteiger partial charge in [0.1, 0.15) is 19.0 Å². The van der Waals surface area contributed by atoms with Gasteiger partial charge in [-0.05, 0) is 48.7 Å². The van der Waals surface area contributed by atoms with Crippen molar-refractivity contribution in [1.29, 1.82) is 0 Å². The molecule has 0 spiro atoms. The van der Waals surface area contributed by atoms with Crippen LogP contribution in [0.2, 0.25) is 5.02 Å². The zero-order chi connectivity index (χ0) is 23.4. The van der Waals surface area contributed by atoms with Crippen LogP contribution in [0.3, 0.4) is 0 Å². The molecule has 0 radical (unpaired) electrons. The molecule has 9 heteroatoms. The number of benzene rings is 2. The Morgan fingerprint density at radius 1 is 1.21 bits per heavy atom. The Hall–Kier alpha value is -3.52. The molecular weight excluding hydrogens is 444 g/mol. The third-order valence-corrected chi connectivity index (χ3v) is 5.47. The minimum atomic E-state index is -0.524. The SMILES string of the molecule is CCCOC(=O)C1=C(C)Nc2ncnn2C1c1ccc(OCc2cccc(Cl)c2)c(OC)c1. The molecule has 2 heterocycles. The van der Waals surface area contributed by atoms with Crippen molar-refractivity contribution < 1.29 is 19.0 Å². The fourth-order valence-electron chi connectivity index (χ4n) is 3.70. The number of anilines is 1. The van der Waals surface area contributed by atoms with Crippen LogP contribution in [0, 0.1) is 0 Å². The molecule has 0 aliphatic carbocycles. The zero-order valence-corrected chi connectivity index (χ0v) is 19.4. The molecule has 1 aromatic heterocycles. The number of carbonyl (C=O) groups is 1. The van der Waals surface area contributed by atoms with Crippen LogP contribution in [-0.4, -0.2) is 34.5 Å². The average Bonchev–Trinajstić information content (AvgIpc) is 3.28. The number of rotatable bonds is 8. The third-order valence-electron chi connectivity index (χ3n) is 5.24. The second-order valence-electron chi connectivity index (χ2n) is 7.56. The van der Waals surface area contributed by atoms with Gasteiger partial charge >= 0.3 is 5.97 Å². The van der Waals surface area contributed by atoms with Crippen LogP contribution < -0.4 is 14.8 Å². The van der Waals surface area contributed by atoms with E-state index >= 15 is 0 Å². The van der Waals surface area contributed by atoms with Crippen molar-refractivity contribution in [2.24, 2.45) is 0 Å². The molecule has 2 aromatic carbocycles. The maximum Gasteiger partial charge on any atom is 0.338 e. The van der Waals surface area contributed by atoms with Crippen LogP contribution in [0.15, 0.2) is 60.1 Å². The number of methoxy groups -OCH3 is 1. The van der Waals surface area contributed by atoms with Gasteiger partial charge in [0.2, 0.25) is 5.95 Å². The lowest BCUT2D eigenvalue weighted by molar-refractivity contribution is -0.139. The molecule has 1 atom stereocenters. The van der Waals surface area contributed by atoms with Crippen LogP contribution in [0.4, 0.5) is 5.95 Å². The smallest absolute Gasteiger partial charge is 0.338 e. The molecule has 1 unspecified atom stereocenters. The highest BCUT2D eigenvalue weighted by Crippen LogP contribution is 2.39. The maximum absolute atomic E-state index is 12.9. The number of fused-ring (bicyclic) bond motifs is 1. The van der Waals surface area contributed by atoms with Crippen molar-refractivity contribution in [2.45, 2.75) is 32.9 Å². The van der Waals surface area contributed by atoms with Gasteiger partial charge in [-0.1, -0.05) is 36.7 Å². The number of halogens is 1. The van der Waals surface area contributed by atoms with Gasteiger partial charge in [0.05, 0.1) is 19.3 Å². The highest BCUT2D eigenvalue weighted by Gasteiger charge is 2.34. The summed E-state index contributed by atoms with van der Waals surface area (Å²) < 4.78 is 18.7. The second-order valence-corrected chi connectivity index (χ2v) is 8.00. The van der Waals surface area contributed by atoms with Gasteiger partial charge in [-0.2, -0.15) is 10.1 Å². The molecule has 8 nitrogen and oxygen atoms in total. The summed E-state index contributed by atoms with van der Waals surface area (Å²) in [7, 11) is 1.58. The first-order valence-electron chi connectivity index (χ1n) is 10.6. The van der Waals surface area contributed by atoms with E-state index in [4.69, 9.17) is 25.8 Å². The van der Waals surface area contributed by atoms with Gasteiger partial charge in [-0.15, -0.1) is 0 Å². The van der Waals surface area contributed by atoms with Crippen molar-refractivity contribution >= 4 is 23.5 Å². The Morgan fingerprint density at radius 3 is 2.82 bits per heavy atom. The predicted octanol–water partition coefficient (Wildman–Crippen LogP) is 4.76. The Kier molecular flexibility index (Phi) is 6.84. The number of hydrogen-bond donors (Lipinski definition) is 1. The number of hydrogen-bond acceptors (Lipinski definition) is 7. The largest absolute Gasteiger partial charge is 0.493 e. The standard InChI is InChI=1S/C24H25ClN4O4/c1-4-10-32-23(30)21-15(2)28-24-26-14-27-29(24)22(21)17-8-9-19(20(12-17)31-3)33-13-16-6-5-7-18(25)11-16/h5-9,11-12,14,22H,4,10,13H2,1-3H3,(H,26,27,28). The van der Waals surface area contributed by atoms with Crippen molar-refractivity contribution in [2.75, 3.05) is 19.0 Å². The van der Waals surface area contributed by atoms with Crippen molar-refractivity contribution in [3.05, 3.63) is 76.2 Å². The summed E-state index contributed by atoms with van der Waals surface area (Å²) in [6, 6.07) is 12.5. The lowest BCUT2D eigenvalue weighted by atomic mass is 9.95. The van der Waals surface area contributed by atoms with E-state index in [0.29, 0.717) is 47.0 Å². The summed E-state index contributed by atoms with van der Waals surface area (Å²) in [5, 5.41) is 8.12. The summed E-state index contributed by atoms with van der Waals surface area (Å²) in [6.45, 7) is 4.46. The maximum atomic E-state index is 12.9. The Morgan fingerprint density at radius 2 is 2.06 bits per heavy atom. The van der Waals surface area contributed by atoms with Crippen molar-refractivity contribution in [3.8, 4) is 11.5 Å². The lowest BCUT2D eigenvalue weighted by Gasteiger charge is -2.28. The third kappa shape index (κ3) is 4.80. The second kappa shape index (κ2) is 9.95. The summed E-state index contributed by atoms with van der Waals surface area (Å²) in [6.07, 6.45) is 2.18. The van der Waals surface area contributed by atoms with E-state index in [9.17, 15) is 4.79 Å². The van der Waals surface area contributed by atoms with E-state index in [-0.39, 0.29) is 0 Å². The molecule has 1 aliphatic rings. The monoisotopic (exact) mass is 468 g/mol. The van der Waals surface area contributed by atoms with Gasteiger partial charge in [0, 0.05) is 10.7 Å². The molecule has 0 fully saturated rings. The number of carbonyl (C=O) groups excluding carboxylic acids is 1. The number of nitrogens with zero attached hydrogens (tertiary/aromatic N) is 3. The van der Waals surface area contributed by atoms with Gasteiger partial charge in [0.15, 0.2) is 11.5 Å². The van der Waals surface area contributed by atoms with Crippen molar-refractivity contribution in [3.63, 3.8) is 0 Å². The highest BCUT2D eigenvalue weighted by molar-refractivity contribution is 6.30. The molecule has 1 N–H and O–H groups in total. The topological polar surface area (TPSA) is 87.5 Å². The first kappa shape index (κ1) is 22.7. The number of ether oxygens (including phenoxy) is 3. The summed E-state index contributed by atoms with van der Waals surface area (Å²) in [4.78, 5) is 17.2. The molecule has 0 saturated carbocycles. The Bertz CT molecular complexity index is 1190. The van der Waals surface area contributed by atoms with E-state index < -0.39 is 12.0 Å². The summed E-state index contributed by atoms with van der Waals surface area (Å²) >= 11 is 6.07. The lowest BCUT2D eigenvalue weighted by Crippen LogP contribution is -2.29. The number of nitrogens with one attached hydrogen (secondary N) is 1. The Balaban J connectivity index is 1.66. The minimum absolute atomic E-state index is 0.338.